The number of rotatable bonds is 19. The van der Waals surface area contributed by atoms with E-state index in [1.807, 2.05) is 71.6 Å². The van der Waals surface area contributed by atoms with E-state index in [-0.39, 0.29) is 33.8 Å². The topological polar surface area (TPSA) is 236 Å². The molecule has 5 heterocycles. The van der Waals surface area contributed by atoms with Crippen molar-refractivity contribution in [1.82, 2.24) is 19.2 Å². The summed E-state index contributed by atoms with van der Waals surface area (Å²) in [5.74, 6) is 2.68. The minimum atomic E-state index is -3.61. The number of furan rings is 2. The summed E-state index contributed by atoms with van der Waals surface area (Å²) in [7, 11) is -5.80. The molecule has 23 heteroatoms. The zero-order valence-corrected chi connectivity index (χ0v) is 47.7. The van der Waals surface area contributed by atoms with Crippen LogP contribution in [0, 0.1) is 6.92 Å². The van der Waals surface area contributed by atoms with Crippen LogP contribution in [-0.4, -0.2) is 81.5 Å². The summed E-state index contributed by atoms with van der Waals surface area (Å²) in [6.07, 6.45) is 6.62. The maximum atomic E-state index is 12.8. The van der Waals surface area contributed by atoms with Gasteiger partial charge in [-0.2, -0.15) is 4.31 Å². The molecule has 418 valence electrons. The third-order valence-electron chi connectivity index (χ3n) is 12.4. The lowest BCUT2D eigenvalue weighted by Crippen LogP contribution is -2.32. The number of ether oxygens (including phenoxy) is 1. The Morgan fingerprint density at radius 2 is 1.46 bits per heavy atom. The van der Waals surface area contributed by atoms with Crippen LogP contribution in [0.5, 0.6) is 5.75 Å². The molecule has 5 aromatic carbocycles. The molecule has 0 unspecified atom stereocenters. The molecular weight excluding hydrogens is 1120 g/mol. The van der Waals surface area contributed by atoms with E-state index in [9.17, 15) is 31.2 Å². The lowest BCUT2D eigenvalue weighted by Gasteiger charge is -2.20. The summed E-state index contributed by atoms with van der Waals surface area (Å²) in [4.78, 5) is 39.9. The van der Waals surface area contributed by atoms with Gasteiger partial charge in [0.1, 0.15) is 11.5 Å². The highest BCUT2D eigenvalue weighted by atomic mass is 35.5. The number of nitrogens with zero attached hydrogens (tertiary/aromatic N) is 4. The van der Waals surface area contributed by atoms with Gasteiger partial charge in [0.25, 0.3) is 22.9 Å². The molecule has 3 aromatic heterocycles. The first kappa shape index (κ1) is 59.0. The second kappa shape index (κ2) is 28.3. The van der Waals surface area contributed by atoms with Gasteiger partial charge >= 0.3 is 0 Å². The number of aromatic nitrogens is 2. The number of anilines is 3. The number of carbonyl (C=O) groups excluding carboxylic acids is 3. The number of sulfonamides is 2. The number of amides is 3. The average molecular weight is 1180 g/mol. The summed E-state index contributed by atoms with van der Waals surface area (Å²) in [5, 5.41) is 14.4. The Hall–Kier alpha value is -7.18. The van der Waals surface area contributed by atoms with E-state index in [0.29, 0.717) is 76.4 Å². The predicted molar refractivity (Wildman–Crippen MR) is 308 cm³/mol. The van der Waals surface area contributed by atoms with Crippen molar-refractivity contribution in [2.75, 3.05) is 48.0 Å². The Morgan fingerprint density at radius 1 is 0.738 bits per heavy atom. The minimum absolute atomic E-state index is 0.118. The second-order valence-electron chi connectivity index (χ2n) is 18.0. The monoisotopic (exact) mass is 1180 g/mol. The van der Waals surface area contributed by atoms with E-state index in [2.05, 4.69) is 25.6 Å². The van der Waals surface area contributed by atoms with Gasteiger partial charge in [0.15, 0.2) is 18.1 Å². The maximum Gasteiger partial charge on any atom is 0.291 e. The van der Waals surface area contributed by atoms with Crippen LogP contribution in [0.1, 0.15) is 76.0 Å². The first-order chi connectivity index (χ1) is 38.7. The Morgan fingerprint density at radius 3 is 2.21 bits per heavy atom. The molecule has 8 aromatic rings. The molecule has 0 bridgehead atoms. The van der Waals surface area contributed by atoms with Crippen LogP contribution in [0.15, 0.2) is 185 Å². The van der Waals surface area contributed by atoms with Crippen LogP contribution in [0.2, 0.25) is 5.02 Å². The number of nitrogens with one attached hydrogen (secondary N) is 3. The lowest BCUT2D eigenvalue weighted by molar-refractivity contribution is -0.117. The van der Waals surface area contributed by atoms with Crippen LogP contribution >= 0.6 is 35.1 Å². The van der Waals surface area contributed by atoms with Crippen molar-refractivity contribution >= 4 is 90.0 Å². The molecule has 0 spiro atoms. The second-order valence-corrected chi connectivity index (χ2v) is 24.3. The molecule has 10 rings (SSSR count). The third kappa shape index (κ3) is 16.2. The zero-order chi connectivity index (χ0) is 56.5. The van der Waals surface area contributed by atoms with Crippen LogP contribution in [0.4, 0.5) is 17.1 Å². The van der Waals surface area contributed by atoms with E-state index in [4.69, 9.17) is 29.6 Å². The molecule has 2 aliphatic rings. The molecule has 0 atom stereocenters. The van der Waals surface area contributed by atoms with E-state index in [1.54, 1.807) is 85.4 Å². The average Bonchev–Trinajstić information content (AvgIpc) is 4.35. The van der Waals surface area contributed by atoms with Gasteiger partial charge in [-0.25, -0.2) is 21.6 Å². The Labute approximate surface area is 478 Å². The van der Waals surface area contributed by atoms with Crippen molar-refractivity contribution in [3.8, 4) is 5.75 Å². The van der Waals surface area contributed by atoms with Crippen LogP contribution in [-0.2, 0) is 43.6 Å². The van der Waals surface area contributed by atoms with Crippen molar-refractivity contribution in [2.45, 2.75) is 77.7 Å². The Kier molecular flexibility index (Phi) is 20.9. The van der Waals surface area contributed by atoms with Crippen LogP contribution in [0.3, 0.4) is 0 Å². The maximum absolute atomic E-state index is 12.8. The largest absolute Gasteiger partial charge is 0.482 e. The third-order valence-corrected chi connectivity index (χ3v) is 18.1. The number of hydrogen-bond acceptors (Lipinski definition) is 15. The molecule has 1 saturated heterocycles. The standard InChI is InChI=1S/C20H18ClN3O3S.C20H20N2O4S2.C17H20N2O4S/c21-15-7-2-4-9-17(15)26-13-18-22-23-20(27-18)28-11-5-10-24-16-8-3-1-6-14(16)12-19(24)25;1-14-8-9-15(12-19(14)28(24,25)21-2)22-20(23)18-11-10-16(26-18)13-27-17-6-4-3-5-7-17;20-17(16-9-6-12-23-16)18-14-7-5-8-15(13-14)24(21,22)19-10-3-1-2-4-11-19/h1-4,6-9H,5,10-13H2;3-12,21H,13H2,1-2H3,(H,22,23);5-9,12-13H,1-4,10-11H2,(H,18,20). The van der Waals surface area contributed by atoms with Gasteiger partial charge in [-0.3, -0.25) is 14.4 Å². The Bertz CT molecular complexity index is 3590. The summed E-state index contributed by atoms with van der Waals surface area (Å²) in [6, 6.07) is 42.6. The van der Waals surface area contributed by atoms with Gasteiger partial charge < -0.3 is 33.5 Å². The van der Waals surface area contributed by atoms with Crippen molar-refractivity contribution in [3.05, 3.63) is 191 Å². The molecule has 1 fully saturated rings. The van der Waals surface area contributed by atoms with Gasteiger partial charge in [-0.05, 0) is 129 Å². The number of halogens is 1. The summed E-state index contributed by atoms with van der Waals surface area (Å²) < 4.78 is 75.4. The van der Waals surface area contributed by atoms with Gasteiger partial charge in [0.05, 0.1) is 33.3 Å². The van der Waals surface area contributed by atoms with E-state index < -0.39 is 31.9 Å². The van der Waals surface area contributed by atoms with Gasteiger partial charge in [-0.1, -0.05) is 96.9 Å². The molecule has 3 N–H and O–H groups in total. The molecule has 18 nitrogen and oxygen atoms in total. The summed E-state index contributed by atoms with van der Waals surface area (Å²) >= 11 is 9.14. The first-order valence-electron chi connectivity index (χ1n) is 25.4. The normalized spacial score (nSPS) is 13.5. The molecular formula is C57H58ClN7O11S4. The lowest BCUT2D eigenvalue weighted by atomic mass is 10.2. The molecule has 3 amide bonds. The highest BCUT2D eigenvalue weighted by molar-refractivity contribution is 7.99. The number of aryl methyl sites for hydroxylation is 1. The van der Waals surface area contributed by atoms with Gasteiger partial charge in [0.2, 0.25) is 26.0 Å². The highest BCUT2D eigenvalue weighted by Gasteiger charge is 2.27. The van der Waals surface area contributed by atoms with Gasteiger partial charge in [0, 0.05) is 47.3 Å². The quantitative estimate of drug-likeness (QED) is 0.0504. The zero-order valence-electron chi connectivity index (χ0n) is 43.7. The van der Waals surface area contributed by atoms with Crippen molar-refractivity contribution < 1.29 is 49.2 Å². The molecule has 0 radical (unpaired) electrons. The van der Waals surface area contributed by atoms with E-state index >= 15 is 0 Å². The van der Waals surface area contributed by atoms with Crippen molar-refractivity contribution in [2.24, 2.45) is 0 Å². The Balaban J connectivity index is 0.000000158. The molecule has 0 saturated carbocycles. The fourth-order valence-corrected chi connectivity index (χ4v) is 12.5. The SMILES string of the molecule is CNS(=O)(=O)c1cc(NC(=O)c2ccc(CSc3ccccc3)o2)ccc1C.O=C(Nc1cccc(S(=O)(=O)N2CCCCCC2)c1)c1ccco1.O=C1Cc2ccccc2N1CCCSc1nnc(COc2ccccc2Cl)o1. The van der Waals surface area contributed by atoms with Crippen LogP contribution in [0.25, 0.3) is 0 Å². The number of thioether (sulfide) groups is 2. The highest BCUT2D eigenvalue weighted by Crippen LogP contribution is 2.31. The fourth-order valence-electron chi connectivity index (χ4n) is 8.28. The number of benzene rings is 5. The molecule has 80 heavy (non-hydrogen) atoms. The molecule has 2 aliphatic heterocycles. The summed E-state index contributed by atoms with van der Waals surface area (Å²) in [5.41, 5.74) is 3.51. The molecule has 0 aliphatic carbocycles. The number of carbonyl (C=O) groups is 3. The van der Waals surface area contributed by atoms with Crippen molar-refractivity contribution in [1.29, 1.82) is 0 Å². The number of fused-ring (bicyclic) bond motifs is 1. The van der Waals surface area contributed by atoms with E-state index in [1.165, 1.54) is 41.5 Å². The number of hydrogen-bond donors (Lipinski definition) is 3. The first-order valence-corrected chi connectivity index (χ1v) is 30.7. The van der Waals surface area contributed by atoms with Crippen LogP contribution < -0.4 is 25.0 Å². The van der Waals surface area contributed by atoms with Crippen molar-refractivity contribution in [3.63, 3.8) is 0 Å². The number of para-hydroxylation sites is 2. The van der Waals surface area contributed by atoms with E-state index in [0.717, 1.165) is 54.0 Å². The van der Waals surface area contributed by atoms with Gasteiger partial charge in [-0.15, -0.1) is 22.0 Å². The smallest absolute Gasteiger partial charge is 0.291 e. The predicted octanol–water partition coefficient (Wildman–Crippen LogP) is 11.5. The summed E-state index contributed by atoms with van der Waals surface area (Å²) in [6.45, 7) is 3.63. The minimum Gasteiger partial charge on any atom is -0.482 e. The fraction of sp³-hybridized carbons (Fsp3) is 0.246.